The predicted molar refractivity (Wildman–Crippen MR) is 79.2 cm³/mol. The maximum absolute atomic E-state index is 4.42. The molecule has 0 bridgehead atoms. The molecular weight excluding hydrogens is 238 g/mol. The van der Waals surface area contributed by atoms with Crippen molar-refractivity contribution < 1.29 is 0 Å². The first kappa shape index (κ1) is 13.2. The standard InChI is InChI=1S/C16H19NS/c1-11-5-6-13(3)15(9-11)14(4)18-16-10-12(2)7-8-17-16/h5-10,14H,1-4H3. The van der Waals surface area contributed by atoms with Crippen molar-refractivity contribution in [2.75, 3.05) is 0 Å². The number of hydrogen-bond acceptors (Lipinski definition) is 2. The lowest BCUT2D eigenvalue weighted by molar-refractivity contribution is 1.04. The molecule has 0 saturated carbocycles. The molecule has 1 aromatic heterocycles. The Morgan fingerprint density at radius 3 is 2.44 bits per heavy atom. The van der Waals surface area contributed by atoms with Crippen LogP contribution >= 0.6 is 11.8 Å². The third-order valence-corrected chi connectivity index (χ3v) is 4.13. The molecule has 0 radical (unpaired) electrons. The average Bonchev–Trinajstić information content (AvgIpc) is 2.32. The molecule has 0 N–H and O–H groups in total. The highest BCUT2D eigenvalue weighted by Crippen LogP contribution is 2.35. The van der Waals surface area contributed by atoms with Crippen LogP contribution in [0.25, 0.3) is 0 Å². The lowest BCUT2D eigenvalue weighted by Crippen LogP contribution is -1.94. The van der Waals surface area contributed by atoms with Crippen LogP contribution in [0.2, 0.25) is 0 Å². The van der Waals surface area contributed by atoms with Crippen LogP contribution in [0.5, 0.6) is 0 Å². The molecular formula is C16H19NS. The molecule has 0 aliphatic heterocycles. The Labute approximate surface area is 114 Å². The van der Waals surface area contributed by atoms with Crippen molar-refractivity contribution in [1.82, 2.24) is 4.98 Å². The van der Waals surface area contributed by atoms with Gasteiger partial charge in [-0.1, -0.05) is 35.5 Å². The molecule has 2 heteroatoms. The van der Waals surface area contributed by atoms with Gasteiger partial charge in [0.25, 0.3) is 0 Å². The molecule has 2 rings (SSSR count). The van der Waals surface area contributed by atoms with Gasteiger partial charge in [-0.05, 0) is 56.5 Å². The Hall–Kier alpha value is -1.28. The Bertz CT molecular complexity index is 549. The second kappa shape index (κ2) is 5.57. The van der Waals surface area contributed by atoms with Gasteiger partial charge in [-0.2, -0.15) is 0 Å². The Kier molecular flexibility index (Phi) is 4.07. The van der Waals surface area contributed by atoms with E-state index in [-0.39, 0.29) is 0 Å². The van der Waals surface area contributed by atoms with Gasteiger partial charge in [0.05, 0.1) is 5.03 Å². The molecule has 0 saturated heterocycles. The summed E-state index contributed by atoms with van der Waals surface area (Å²) in [6, 6.07) is 10.8. The quantitative estimate of drug-likeness (QED) is 0.728. The molecule has 1 nitrogen and oxygen atoms in total. The molecule has 0 spiro atoms. The first-order valence-corrected chi connectivity index (χ1v) is 7.10. The SMILES string of the molecule is Cc1ccnc(SC(C)c2cc(C)ccc2C)c1. The van der Waals surface area contributed by atoms with E-state index in [2.05, 4.69) is 56.9 Å². The number of nitrogens with zero attached hydrogens (tertiary/aromatic N) is 1. The van der Waals surface area contributed by atoms with E-state index >= 15 is 0 Å². The average molecular weight is 257 g/mol. The fraction of sp³-hybridized carbons (Fsp3) is 0.312. The highest BCUT2D eigenvalue weighted by Gasteiger charge is 2.11. The smallest absolute Gasteiger partial charge is 0.0968 e. The zero-order valence-electron chi connectivity index (χ0n) is 11.4. The largest absolute Gasteiger partial charge is 0.250 e. The summed E-state index contributed by atoms with van der Waals surface area (Å²) >= 11 is 1.82. The molecule has 1 atom stereocenters. The van der Waals surface area contributed by atoms with Crippen LogP contribution in [0.15, 0.2) is 41.6 Å². The van der Waals surface area contributed by atoms with E-state index < -0.39 is 0 Å². The Morgan fingerprint density at radius 1 is 1.00 bits per heavy atom. The summed E-state index contributed by atoms with van der Waals surface area (Å²) in [6.07, 6.45) is 1.88. The summed E-state index contributed by atoms with van der Waals surface area (Å²) in [5.41, 5.74) is 5.34. The molecule has 18 heavy (non-hydrogen) atoms. The maximum atomic E-state index is 4.42. The van der Waals surface area contributed by atoms with Crippen molar-refractivity contribution >= 4 is 11.8 Å². The number of benzene rings is 1. The van der Waals surface area contributed by atoms with Crippen molar-refractivity contribution in [2.24, 2.45) is 0 Å². The van der Waals surface area contributed by atoms with Crippen molar-refractivity contribution in [3.63, 3.8) is 0 Å². The van der Waals surface area contributed by atoms with Crippen LogP contribution in [-0.4, -0.2) is 4.98 Å². The molecule has 1 unspecified atom stereocenters. The van der Waals surface area contributed by atoms with E-state index in [9.17, 15) is 0 Å². The minimum absolute atomic E-state index is 0.430. The van der Waals surface area contributed by atoms with Crippen LogP contribution in [0, 0.1) is 20.8 Å². The molecule has 0 fully saturated rings. The summed E-state index contributed by atoms with van der Waals surface area (Å²) in [5, 5.41) is 1.53. The van der Waals surface area contributed by atoms with Gasteiger partial charge in [0.1, 0.15) is 0 Å². The van der Waals surface area contributed by atoms with Crippen molar-refractivity contribution in [3.8, 4) is 0 Å². The van der Waals surface area contributed by atoms with Gasteiger partial charge in [-0.15, -0.1) is 0 Å². The zero-order chi connectivity index (χ0) is 13.1. The monoisotopic (exact) mass is 257 g/mol. The number of aromatic nitrogens is 1. The number of hydrogen-bond donors (Lipinski definition) is 0. The third kappa shape index (κ3) is 3.14. The summed E-state index contributed by atoms with van der Waals surface area (Å²) < 4.78 is 0. The normalized spacial score (nSPS) is 12.4. The van der Waals surface area contributed by atoms with Crippen LogP contribution in [0.4, 0.5) is 0 Å². The van der Waals surface area contributed by atoms with Gasteiger partial charge in [-0.3, -0.25) is 0 Å². The summed E-state index contributed by atoms with van der Waals surface area (Å²) in [5.74, 6) is 0. The van der Waals surface area contributed by atoms with Crippen molar-refractivity contribution in [1.29, 1.82) is 0 Å². The molecule has 94 valence electrons. The topological polar surface area (TPSA) is 12.9 Å². The minimum Gasteiger partial charge on any atom is -0.250 e. The zero-order valence-corrected chi connectivity index (χ0v) is 12.2. The third-order valence-electron chi connectivity index (χ3n) is 3.06. The number of rotatable bonds is 3. The second-order valence-electron chi connectivity index (χ2n) is 4.79. The summed E-state index contributed by atoms with van der Waals surface area (Å²) in [7, 11) is 0. The fourth-order valence-electron chi connectivity index (χ4n) is 2.02. The van der Waals surface area contributed by atoms with Crippen molar-refractivity contribution in [3.05, 3.63) is 58.8 Å². The van der Waals surface area contributed by atoms with Crippen molar-refractivity contribution in [2.45, 2.75) is 38.0 Å². The van der Waals surface area contributed by atoms with E-state index in [1.807, 2.05) is 24.0 Å². The van der Waals surface area contributed by atoms with Gasteiger partial charge >= 0.3 is 0 Å². The first-order chi connectivity index (χ1) is 8.56. The number of pyridine rings is 1. The fourth-order valence-corrected chi connectivity index (χ4v) is 3.13. The van der Waals surface area contributed by atoms with Crippen LogP contribution < -0.4 is 0 Å². The van der Waals surface area contributed by atoms with E-state index in [0.29, 0.717) is 5.25 Å². The first-order valence-electron chi connectivity index (χ1n) is 6.23. The van der Waals surface area contributed by atoms with Crippen LogP contribution in [0.3, 0.4) is 0 Å². The van der Waals surface area contributed by atoms with E-state index in [1.54, 1.807) is 0 Å². The highest BCUT2D eigenvalue weighted by molar-refractivity contribution is 7.99. The number of thioether (sulfide) groups is 1. The van der Waals surface area contributed by atoms with Gasteiger partial charge in [0, 0.05) is 11.4 Å². The van der Waals surface area contributed by atoms with Crippen LogP contribution in [0.1, 0.15) is 34.4 Å². The molecule has 0 amide bonds. The minimum atomic E-state index is 0.430. The van der Waals surface area contributed by atoms with E-state index in [4.69, 9.17) is 0 Å². The molecule has 0 aliphatic rings. The lowest BCUT2D eigenvalue weighted by atomic mass is 10.0. The molecule has 1 aromatic carbocycles. The Balaban J connectivity index is 2.21. The second-order valence-corrected chi connectivity index (χ2v) is 6.15. The lowest BCUT2D eigenvalue weighted by Gasteiger charge is -2.15. The predicted octanol–water partition coefficient (Wildman–Crippen LogP) is 4.86. The van der Waals surface area contributed by atoms with Crippen LogP contribution in [-0.2, 0) is 0 Å². The van der Waals surface area contributed by atoms with Gasteiger partial charge in [0.15, 0.2) is 0 Å². The molecule has 2 aromatic rings. The molecule has 0 aliphatic carbocycles. The number of aryl methyl sites for hydroxylation is 3. The summed E-state index contributed by atoms with van der Waals surface area (Å²) in [4.78, 5) is 4.42. The van der Waals surface area contributed by atoms with Gasteiger partial charge in [-0.25, -0.2) is 4.98 Å². The Morgan fingerprint density at radius 2 is 1.72 bits per heavy atom. The maximum Gasteiger partial charge on any atom is 0.0968 e. The highest BCUT2D eigenvalue weighted by atomic mass is 32.2. The van der Waals surface area contributed by atoms with E-state index in [1.165, 1.54) is 22.3 Å². The van der Waals surface area contributed by atoms with E-state index in [0.717, 1.165) is 5.03 Å². The molecule has 1 heterocycles. The summed E-state index contributed by atoms with van der Waals surface area (Å²) in [6.45, 7) is 8.67. The van der Waals surface area contributed by atoms with Gasteiger partial charge in [0.2, 0.25) is 0 Å². The van der Waals surface area contributed by atoms with Gasteiger partial charge < -0.3 is 0 Å².